The molecule has 0 aromatic carbocycles. The topological polar surface area (TPSA) is 54.3 Å². The first-order chi connectivity index (χ1) is 9.52. The maximum absolute atomic E-state index is 12.2. The van der Waals surface area contributed by atoms with Gasteiger partial charge in [0.05, 0.1) is 18.7 Å². The van der Waals surface area contributed by atoms with Crippen molar-refractivity contribution in [1.29, 1.82) is 0 Å². The van der Waals surface area contributed by atoms with Gasteiger partial charge < -0.3 is 15.0 Å². The number of aryl methyl sites for hydroxylation is 1. The highest BCUT2D eigenvalue weighted by atomic mass is 32.1. The zero-order valence-electron chi connectivity index (χ0n) is 12.0. The van der Waals surface area contributed by atoms with Gasteiger partial charge in [0.25, 0.3) is 5.91 Å². The van der Waals surface area contributed by atoms with Crippen LogP contribution in [0.5, 0.6) is 0 Å². The van der Waals surface area contributed by atoms with E-state index in [1.165, 1.54) is 4.88 Å². The van der Waals surface area contributed by atoms with Gasteiger partial charge in [-0.2, -0.15) is 0 Å². The van der Waals surface area contributed by atoms with Crippen LogP contribution in [0.15, 0.2) is 23.6 Å². The lowest BCUT2D eigenvalue weighted by atomic mass is 10.2. The summed E-state index contributed by atoms with van der Waals surface area (Å²) in [5.74, 6) is -0.128. The maximum atomic E-state index is 12.2. The van der Waals surface area contributed by atoms with Crippen molar-refractivity contribution in [3.8, 4) is 0 Å². The summed E-state index contributed by atoms with van der Waals surface area (Å²) in [5, 5.41) is 13.9. The van der Waals surface area contributed by atoms with E-state index in [2.05, 4.69) is 21.3 Å². The van der Waals surface area contributed by atoms with Gasteiger partial charge in [0.2, 0.25) is 0 Å². The van der Waals surface area contributed by atoms with Crippen molar-refractivity contribution in [3.63, 3.8) is 0 Å². The molecule has 0 saturated heterocycles. The second kappa shape index (κ2) is 6.24. The van der Waals surface area contributed by atoms with E-state index in [4.69, 9.17) is 5.11 Å². The molecule has 2 heterocycles. The third kappa shape index (κ3) is 3.11. The molecule has 0 aliphatic carbocycles. The smallest absolute Gasteiger partial charge is 0.253 e. The molecule has 5 heteroatoms. The zero-order valence-corrected chi connectivity index (χ0v) is 12.8. The number of aliphatic hydroxyl groups is 1. The number of hydrogen-bond donors (Lipinski definition) is 2. The Labute approximate surface area is 123 Å². The zero-order chi connectivity index (χ0) is 14.7. The number of hydrogen-bond acceptors (Lipinski definition) is 3. The number of aromatic nitrogens is 1. The number of amides is 1. The minimum Gasteiger partial charge on any atom is -0.394 e. The monoisotopic (exact) mass is 292 g/mol. The Hall–Kier alpha value is -1.59. The van der Waals surface area contributed by atoms with Crippen LogP contribution in [0.1, 0.15) is 33.5 Å². The number of aliphatic hydroxyl groups excluding tert-OH is 1. The van der Waals surface area contributed by atoms with Crippen LogP contribution in [0.25, 0.3) is 0 Å². The number of nitrogens with zero attached hydrogens (tertiary/aromatic N) is 1. The number of rotatable bonds is 5. The van der Waals surface area contributed by atoms with Crippen LogP contribution >= 0.6 is 11.3 Å². The Morgan fingerprint density at radius 2 is 2.25 bits per heavy atom. The molecular weight excluding hydrogens is 272 g/mol. The lowest BCUT2D eigenvalue weighted by Gasteiger charge is -2.11. The summed E-state index contributed by atoms with van der Waals surface area (Å²) >= 11 is 1.71. The minimum absolute atomic E-state index is 0.0559. The van der Waals surface area contributed by atoms with Crippen LogP contribution in [0.2, 0.25) is 0 Å². The first-order valence-corrected chi connectivity index (χ1v) is 7.51. The summed E-state index contributed by atoms with van der Waals surface area (Å²) < 4.78 is 2.14. The van der Waals surface area contributed by atoms with Crippen molar-refractivity contribution in [2.45, 2.75) is 33.4 Å². The number of carbonyl (C=O) groups excluding carboxylic acids is 1. The lowest BCUT2D eigenvalue weighted by molar-refractivity contribution is 0.0921. The average molecular weight is 292 g/mol. The number of thiophene rings is 1. The first-order valence-electron chi connectivity index (χ1n) is 6.63. The highest BCUT2D eigenvalue weighted by Gasteiger charge is 2.17. The molecule has 0 spiro atoms. The standard InChI is InChI=1S/C15H20N2O2S/c1-10(9-18)16-15(19)14-7-11(2)17(12(14)3)8-13-5-4-6-20-13/h4-7,10,18H,8-9H2,1-3H3,(H,16,19). The van der Waals surface area contributed by atoms with Crippen LogP contribution in [0.3, 0.4) is 0 Å². The highest BCUT2D eigenvalue weighted by Crippen LogP contribution is 2.19. The van der Waals surface area contributed by atoms with Gasteiger partial charge >= 0.3 is 0 Å². The highest BCUT2D eigenvalue weighted by molar-refractivity contribution is 7.09. The van der Waals surface area contributed by atoms with E-state index >= 15 is 0 Å². The lowest BCUT2D eigenvalue weighted by Crippen LogP contribution is -2.35. The Kier molecular flexibility index (Phi) is 4.62. The fraction of sp³-hybridized carbons (Fsp3) is 0.400. The molecule has 4 nitrogen and oxygen atoms in total. The largest absolute Gasteiger partial charge is 0.394 e. The molecule has 1 unspecified atom stereocenters. The molecule has 1 amide bonds. The van der Waals surface area contributed by atoms with Crippen molar-refractivity contribution in [1.82, 2.24) is 9.88 Å². The molecule has 0 aliphatic heterocycles. The predicted octanol–water partition coefficient (Wildman–Crippen LogP) is 2.33. The van der Waals surface area contributed by atoms with Crippen LogP contribution in [-0.4, -0.2) is 28.2 Å². The van der Waals surface area contributed by atoms with Crippen molar-refractivity contribution in [2.75, 3.05) is 6.61 Å². The van der Waals surface area contributed by atoms with Crippen LogP contribution in [-0.2, 0) is 6.54 Å². The number of carbonyl (C=O) groups is 1. The van der Waals surface area contributed by atoms with Gasteiger partial charge in [0, 0.05) is 22.3 Å². The molecule has 0 fully saturated rings. The normalized spacial score (nSPS) is 12.4. The van der Waals surface area contributed by atoms with Gasteiger partial charge in [0.1, 0.15) is 0 Å². The third-order valence-corrected chi connectivity index (χ3v) is 4.22. The second-order valence-electron chi connectivity index (χ2n) is 5.01. The van der Waals surface area contributed by atoms with E-state index in [9.17, 15) is 4.79 Å². The van der Waals surface area contributed by atoms with E-state index in [0.717, 1.165) is 17.9 Å². The quantitative estimate of drug-likeness (QED) is 0.888. The molecule has 2 aromatic heterocycles. The molecule has 2 rings (SSSR count). The molecule has 108 valence electrons. The molecular formula is C15H20N2O2S. The van der Waals surface area contributed by atoms with E-state index in [1.807, 2.05) is 26.0 Å². The fourth-order valence-corrected chi connectivity index (χ4v) is 2.87. The number of nitrogens with one attached hydrogen (secondary N) is 1. The van der Waals surface area contributed by atoms with Gasteiger partial charge in [-0.05, 0) is 38.3 Å². The molecule has 0 radical (unpaired) electrons. The Balaban J connectivity index is 2.22. The van der Waals surface area contributed by atoms with Crippen LogP contribution in [0.4, 0.5) is 0 Å². The van der Waals surface area contributed by atoms with Crippen LogP contribution < -0.4 is 5.32 Å². The molecule has 2 N–H and O–H groups in total. The minimum atomic E-state index is -0.233. The summed E-state index contributed by atoms with van der Waals surface area (Å²) in [7, 11) is 0. The van der Waals surface area contributed by atoms with Crippen LogP contribution in [0, 0.1) is 13.8 Å². The van der Waals surface area contributed by atoms with E-state index in [1.54, 1.807) is 18.3 Å². The van der Waals surface area contributed by atoms with Crippen molar-refractivity contribution >= 4 is 17.2 Å². The maximum Gasteiger partial charge on any atom is 0.253 e. The van der Waals surface area contributed by atoms with E-state index < -0.39 is 0 Å². The first kappa shape index (κ1) is 14.8. The fourth-order valence-electron chi connectivity index (χ4n) is 2.18. The Morgan fingerprint density at radius 3 is 2.85 bits per heavy atom. The van der Waals surface area contributed by atoms with Gasteiger partial charge in [-0.3, -0.25) is 4.79 Å². The molecule has 20 heavy (non-hydrogen) atoms. The predicted molar refractivity (Wildman–Crippen MR) is 81.3 cm³/mol. The van der Waals surface area contributed by atoms with Gasteiger partial charge in [-0.25, -0.2) is 0 Å². The Bertz CT molecular complexity index is 587. The van der Waals surface area contributed by atoms with E-state index in [-0.39, 0.29) is 18.6 Å². The van der Waals surface area contributed by atoms with Crippen molar-refractivity contribution < 1.29 is 9.90 Å². The second-order valence-corrected chi connectivity index (χ2v) is 6.04. The molecule has 1 atom stereocenters. The average Bonchev–Trinajstić information content (AvgIpc) is 3.02. The van der Waals surface area contributed by atoms with Crippen molar-refractivity contribution in [2.24, 2.45) is 0 Å². The summed E-state index contributed by atoms with van der Waals surface area (Å²) in [4.78, 5) is 13.4. The van der Waals surface area contributed by atoms with Crippen molar-refractivity contribution in [3.05, 3.63) is 45.4 Å². The Morgan fingerprint density at radius 1 is 1.50 bits per heavy atom. The van der Waals surface area contributed by atoms with Gasteiger partial charge in [0.15, 0.2) is 0 Å². The summed E-state index contributed by atoms with van der Waals surface area (Å²) in [6, 6.07) is 5.80. The SMILES string of the molecule is Cc1cc(C(=O)NC(C)CO)c(C)n1Cc1cccs1. The molecule has 2 aromatic rings. The summed E-state index contributed by atoms with van der Waals surface area (Å²) in [6.45, 7) is 6.48. The third-order valence-electron chi connectivity index (χ3n) is 3.36. The van der Waals surface area contributed by atoms with Gasteiger partial charge in [-0.15, -0.1) is 11.3 Å². The van der Waals surface area contributed by atoms with Gasteiger partial charge in [-0.1, -0.05) is 6.07 Å². The molecule has 0 saturated carbocycles. The summed E-state index contributed by atoms with van der Waals surface area (Å²) in [5.41, 5.74) is 2.70. The molecule has 0 bridgehead atoms. The van der Waals surface area contributed by atoms with E-state index in [0.29, 0.717) is 5.56 Å². The summed E-state index contributed by atoms with van der Waals surface area (Å²) in [6.07, 6.45) is 0. The molecule has 0 aliphatic rings.